The number of hydrogen-bond donors (Lipinski definition) is 2. The van der Waals surface area contributed by atoms with Gasteiger partial charge < -0.3 is 20.4 Å². The molecular weight excluding hydrogens is 465 g/mol. The van der Waals surface area contributed by atoms with Crippen LogP contribution in [0.1, 0.15) is 73.7 Å². The van der Waals surface area contributed by atoms with Crippen molar-refractivity contribution in [3.05, 3.63) is 65.4 Å². The van der Waals surface area contributed by atoms with E-state index < -0.39 is 6.36 Å². The molecule has 0 radical (unpaired) electrons. The van der Waals surface area contributed by atoms with E-state index in [1.165, 1.54) is 31.4 Å². The molecule has 0 bridgehead atoms. The molecule has 0 saturated heterocycles. The minimum Gasteiger partial charge on any atom is -0.406 e. The molecule has 8 heteroatoms. The van der Waals surface area contributed by atoms with Crippen LogP contribution in [0.25, 0.3) is 10.9 Å². The van der Waals surface area contributed by atoms with Crippen LogP contribution < -0.4 is 15.8 Å². The highest BCUT2D eigenvalue weighted by atomic mass is 19.4. The molecular formula is C28H33F3N4O. The fourth-order valence-electron chi connectivity index (χ4n) is 5.25. The highest BCUT2D eigenvalue weighted by molar-refractivity contribution is 5.85. The van der Waals surface area contributed by atoms with Gasteiger partial charge >= 0.3 is 6.36 Å². The molecule has 1 saturated carbocycles. The first-order valence-corrected chi connectivity index (χ1v) is 12.7. The highest BCUT2D eigenvalue weighted by Crippen LogP contribution is 2.35. The molecule has 192 valence electrons. The van der Waals surface area contributed by atoms with E-state index in [1.807, 2.05) is 24.3 Å². The number of nitrogens with two attached hydrogens (primary N) is 1. The quantitative estimate of drug-likeness (QED) is 0.312. The van der Waals surface area contributed by atoms with Crippen molar-refractivity contribution in [2.24, 2.45) is 5.73 Å². The van der Waals surface area contributed by atoms with Crippen molar-refractivity contribution >= 4 is 10.9 Å². The van der Waals surface area contributed by atoms with E-state index in [-0.39, 0.29) is 11.8 Å². The van der Waals surface area contributed by atoms with Crippen LogP contribution in [-0.2, 0) is 6.42 Å². The van der Waals surface area contributed by atoms with Crippen LogP contribution in [0.5, 0.6) is 5.75 Å². The molecule has 36 heavy (non-hydrogen) atoms. The number of aromatic nitrogens is 1. The molecule has 5 nitrogen and oxygen atoms in total. The molecule has 0 amide bonds. The van der Waals surface area contributed by atoms with Gasteiger partial charge in [0.2, 0.25) is 0 Å². The van der Waals surface area contributed by atoms with Gasteiger partial charge in [-0.25, -0.2) is 0 Å². The number of nitrogens with zero attached hydrogens (tertiary/aromatic N) is 2. The molecule has 2 aromatic carbocycles. The summed E-state index contributed by atoms with van der Waals surface area (Å²) in [6, 6.07) is 14.6. The number of rotatable bonds is 10. The minimum absolute atomic E-state index is 0.166. The van der Waals surface area contributed by atoms with Gasteiger partial charge in [-0.15, -0.1) is 13.2 Å². The summed E-state index contributed by atoms with van der Waals surface area (Å²) in [5.41, 5.74) is 9.32. The molecule has 3 N–H and O–H groups in total. The molecule has 1 aliphatic carbocycles. The second kappa shape index (κ2) is 11.8. The van der Waals surface area contributed by atoms with Crippen molar-refractivity contribution in [2.75, 3.05) is 13.1 Å². The average Bonchev–Trinajstić information content (AvgIpc) is 3.23. The zero-order valence-electron chi connectivity index (χ0n) is 20.4. The molecule has 4 rings (SSSR count). The van der Waals surface area contributed by atoms with Gasteiger partial charge in [0.25, 0.3) is 0 Å². The van der Waals surface area contributed by atoms with E-state index in [1.54, 1.807) is 6.07 Å². The Balaban J connectivity index is 1.61. The van der Waals surface area contributed by atoms with Gasteiger partial charge in [-0.05, 0) is 86.7 Å². The molecule has 1 aliphatic rings. The van der Waals surface area contributed by atoms with Crippen LogP contribution in [0.3, 0.4) is 0 Å². The standard InChI is InChI=1S/C28H33F3N4O/c29-28(30,31)36-24-9-4-6-21(17-24)26(34-15-5-14-32)12-11-22-19-35(23-7-2-1-3-8-23)27-13-10-20(18-33)16-25(22)27/h4,6,9-10,13,16-17,19,23,26,34H,1-3,5,7-8,11-12,14-15,32H2. The minimum atomic E-state index is -4.74. The third kappa shape index (κ3) is 6.59. The predicted molar refractivity (Wildman–Crippen MR) is 135 cm³/mol. The van der Waals surface area contributed by atoms with Gasteiger partial charge in [0.1, 0.15) is 5.75 Å². The van der Waals surface area contributed by atoms with Crippen LogP contribution in [0, 0.1) is 11.3 Å². The van der Waals surface area contributed by atoms with E-state index in [0.717, 1.165) is 47.7 Å². The van der Waals surface area contributed by atoms with Gasteiger partial charge in [0.15, 0.2) is 0 Å². The number of aryl methyl sites for hydroxylation is 1. The summed E-state index contributed by atoms with van der Waals surface area (Å²) in [6.45, 7) is 1.19. The molecule has 1 atom stereocenters. The van der Waals surface area contributed by atoms with Crippen LogP contribution in [0.15, 0.2) is 48.7 Å². The first kappa shape index (κ1) is 26.1. The van der Waals surface area contributed by atoms with E-state index in [4.69, 9.17) is 5.73 Å². The molecule has 1 unspecified atom stereocenters. The molecule has 1 aromatic heterocycles. The number of nitrogens with one attached hydrogen (secondary N) is 1. The molecule has 3 aromatic rings. The zero-order valence-corrected chi connectivity index (χ0v) is 20.4. The lowest BCUT2D eigenvalue weighted by Gasteiger charge is -2.24. The normalized spacial score (nSPS) is 15.6. The van der Waals surface area contributed by atoms with Crippen LogP contribution in [-0.4, -0.2) is 24.0 Å². The number of ether oxygens (including phenoxy) is 1. The summed E-state index contributed by atoms with van der Waals surface area (Å²) in [7, 11) is 0. The first-order valence-electron chi connectivity index (χ1n) is 12.7. The molecule has 1 fully saturated rings. The van der Waals surface area contributed by atoms with Gasteiger partial charge in [0.05, 0.1) is 11.6 Å². The van der Waals surface area contributed by atoms with Gasteiger partial charge in [-0.2, -0.15) is 5.26 Å². The largest absolute Gasteiger partial charge is 0.573 e. The van der Waals surface area contributed by atoms with Crippen molar-refractivity contribution in [2.45, 2.75) is 69.8 Å². The Morgan fingerprint density at radius 2 is 1.94 bits per heavy atom. The second-order valence-electron chi connectivity index (χ2n) is 9.51. The fraction of sp³-hybridized carbons (Fsp3) is 0.464. The third-order valence-corrected chi connectivity index (χ3v) is 6.98. The Bertz CT molecular complexity index is 1190. The summed E-state index contributed by atoms with van der Waals surface area (Å²) in [5, 5.41) is 14.0. The Morgan fingerprint density at radius 3 is 2.67 bits per heavy atom. The Kier molecular flexibility index (Phi) is 8.55. The third-order valence-electron chi connectivity index (χ3n) is 6.98. The molecule has 0 spiro atoms. The van der Waals surface area contributed by atoms with Crippen molar-refractivity contribution in [1.82, 2.24) is 9.88 Å². The van der Waals surface area contributed by atoms with Gasteiger partial charge in [-0.1, -0.05) is 31.4 Å². The van der Waals surface area contributed by atoms with E-state index in [9.17, 15) is 18.4 Å². The highest BCUT2D eigenvalue weighted by Gasteiger charge is 2.31. The Labute approximate surface area is 210 Å². The van der Waals surface area contributed by atoms with E-state index >= 15 is 0 Å². The van der Waals surface area contributed by atoms with Gasteiger partial charge in [0, 0.05) is 29.2 Å². The molecule has 1 heterocycles. The smallest absolute Gasteiger partial charge is 0.406 e. The summed E-state index contributed by atoms with van der Waals surface area (Å²) >= 11 is 0. The summed E-state index contributed by atoms with van der Waals surface area (Å²) < 4.78 is 44.9. The van der Waals surface area contributed by atoms with E-state index in [0.29, 0.717) is 31.1 Å². The maximum Gasteiger partial charge on any atom is 0.573 e. The topological polar surface area (TPSA) is 76.0 Å². The monoisotopic (exact) mass is 498 g/mol. The number of benzene rings is 2. The van der Waals surface area contributed by atoms with Gasteiger partial charge in [-0.3, -0.25) is 0 Å². The number of fused-ring (bicyclic) bond motifs is 1. The Hall–Kier alpha value is -3.02. The first-order chi connectivity index (χ1) is 17.4. The second-order valence-corrected chi connectivity index (χ2v) is 9.51. The maximum absolute atomic E-state index is 12.8. The van der Waals surface area contributed by atoms with Crippen LogP contribution >= 0.6 is 0 Å². The van der Waals surface area contributed by atoms with Crippen molar-refractivity contribution in [3.63, 3.8) is 0 Å². The zero-order chi connectivity index (χ0) is 25.5. The lowest BCUT2D eigenvalue weighted by atomic mass is 9.95. The van der Waals surface area contributed by atoms with E-state index in [2.05, 4.69) is 26.9 Å². The fourth-order valence-corrected chi connectivity index (χ4v) is 5.25. The van der Waals surface area contributed by atoms with Crippen molar-refractivity contribution in [3.8, 4) is 11.8 Å². The number of halogens is 3. The number of hydrogen-bond acceptors (Lipinski definition) is 4. The maximum atomic E-state index is 12.8. The number of nitriles is 1. The lowest BCUT2D eigenvalue weighted by Crippen LogP contribution is -2.25. The van der Waals surface area contributed by atoms with Crippen molar-refractivity contribution in [1.29, 1.82) is 5.26 Å². The summed E-state index contributed by atoms with van der Waals surface area (Å²) in [6.07, 6.45) is 5.67. The SMILES string of the molecule is N#Cc1ccc2c(c1)c(CCC(NCCCN)c1cccc(OC(F)(F)F)c1)cn2C1CCCCC1. The predicted octanol–water partition coefficient (Wildman–Crippen LogP) is 6.53. The number of alkyl halides is 3. The Morgan fingerprint density at radius 1 is 1.14 bits per heavy atom. The summed E-state index contributed by atoms with van der Waals surface area (Å²) in [5.74, 6) is -0.224. The van der Waals surface area contributed by atoms with Crippen molar-refractivity contribution < 1.29 is 17.9 Å². The lowest BCUT2D eigenvalue weighted by molar-refractivity contribution is -0.274. The van der Waals surface area contributed by atoms with Crippen LogP contribution in [0.2, 0.25) is 0 Å². The van der Waals surface area contributed by atoms with Crippen LogP contribution in [0.4, 0.5) is 13.2 Å². The molecule has 0 aliphatic heterocycles. The summed E-state index contributed by atoms with van der Waals surface area (Å²) in [4.78, 5) is 0. The average molecular weight is 499 g/mol.